The molecule has 1 aromatic heterocycles. The molecule has 0 unspecified atom stereocenters. The number of hydrogen-bond donors (Lipinski definition) is 1. The van der Waals surface area contributed by atoms with E-state index in [4.69, 9.17) is 9.82 Å². The van der Waals surface area contributed by atoms with Crippen LogP contribution >= 0.6 is 0 Å². The van der Waals surface area contributed by atoms with Crippen molar-refractivity contribution in [2.45, 2.75) is 45.6 Å². The van der Waals surface area contributed by atoms with Crippen molar-refractivity contribution in [1.29, 1.82) is 0 Å². The number of carbonyl (C=O) groups excluding carboxylic acids is 1. The van der Waals surface area contributed by atoms with Gasteiger partial charge in [-0.25, -0.2) is 9.78 Å². The molecule has 0 aliphatic carbocycles. The average Bonchev–Trinajstić information content (AvgIpc) is 3.19. The summed E-state index contributed by atoms with van der Waals surface area (Å²) in [4.78, 5) is 31.6. The van der Waals surface area contributed by atoms with Crippen LogP contribution < -0.4 is 5.32 Å². The van der Waals surface area contributed by atoms with Crippen molar-refractivity contribution in [3.8, 4) is 11.3 Å². The van der Waals surface area contributed by atoms with Gasteiger partial charge in [-0.2, -0.15) is 0 Å². The Morgan fingerprint density at radius 3 is 2.69 bits per heavy atom. The molecule has 188 valence electrons. The van der Waals surface area contributed by atoms with Crippen LogP contribution in [0, 0.1) is 17.0 Å². The number of allylic oxidation sites excluding steroid dienone is 1. The lowest BCUT2D eigenvalue weighted by Gasteiger charge is -2.10. The van der Waals surface area contributed by atoms with Crippen molar-refractivity contribution in [2.24, 2.45) is 5.16 Å². The molecule has 0 atom stereocenters. The van der Waals surface area contributed by atoms with Gasteiger partial charge in [0.25, 0.3) is 5.69 Å². The second-order valence-corrected chi connectivity index (χ2v) is 8.27. The number of imidazole rings is 1. The van der Waals surface area contributed by atoms with Gasteiger partial charge in [0.2, 0.25) is 0 Å². The second-order valence-electron chi connectivity index (χ2n) is 8.27. The fourth-order valence-corrected chi connectivity index (χ4v) is 3.90. The maximum absolute atomic E-state index is 11.8. The fraction of sp³-hybridized carbons (Fsp3) is 0.296. The molecule has 1 amide bonds. The van der Waals surface area contributed by atoms with Crippen LogP contribution in [-0.2, 0) is 17.8 Å². The van der Waals surface area contributed by atoms with E-state index in [0.29, 0.717) is 12.1 Å². The van der Waals surface area contributed by atoms with Gasteiger partial charge in [-0.1, -0.05) is 66.5 Å². The Morgan fingerprint density at radius 1 is 1.17 bits per heavy atom. The zero-order valence-electron chi connectivity index (χ0n) is 20.4. The highest BCUT2D eigenvalue weighted by molar-refractivity contribution is 5.81. The number of unbranched alkanes of at least 4 members (excludes halogenated alkanes) is 3. The van der Waals surface area contributed by atoms with Crippen molar-refractivity contribution in [1.82, 2.24) is 14.9 Å². The van der Waals surface area contributed by atoms with E-state index >= 15 is 0 Å². The maximum atomic E-state index is 11.8. The highest BCUT2D eigenvalue weighted by Crippen LogP contribution is 2.25. The standard InChI is InChI=1S/C27H31N5O4/c1-3-12-25-26(23-14-7-6-8-15-23)30-21(2)31(25)18-10-5-4-9-17-28-27(33)36-29-20-22-13-11-16-24(19-22)32(34)35/h3,6-8,11,13-16,19-20H,1,4-5,9-10,12,17-18H2,2H3,(H,28,33)/b29-20+. The first-order valence-electron chi connectivity index (χ1n) is 11.9. The molecule has 0 fully saturated rings. The molecule has 0 aliphatic rings. The number of aromatic nitrogens is 2. The van der Waals surface area contributed by atoms with E-state index in [1.54, 1.807) is 6.07 Å². The SMILES string of the molecule is C=CCc1c(-c2ccccc2)nc(C)n1CCCCCCNC(=O)O/N=C/c1cccc([N+](=O)[O-])c1. The predicted molar refractivity (Wildman–Crippen MR) is 140 cm³/mol. The molecule has 0 radical (unpaired) electrons. The molecule has 3 rings (SSSR count). The first-order chi connectivity index (χ1) is 17.5. The zero-order chi connectivity index (χ0) is 25.8. The number of nitrogens with zero attached hydrogens (tertiary/aromatic N) is 4. The third-order valence-electron chi connectivity index (χ3n) is 5.64. The molecule has 0 saturated carbocycles. The summed E-state index contributed by atoms with van der Waals surface area (Å²) in [7, 11) is 0. The summed E-state index contributed by atoms with van der Waals surface area (Å²) in [5, 5.41) is 17.0. The van der Waals surface area contributed by atoms with Gasteiger partial charge >= 0.3 is 6.09 Å². The number of nitro benzene ring substituents is 1. The number of hydrogen-bond acceptors (Lipinski definition) is 6. The average molecular weight is 490 g/mol. The van der Waals surface area contributed by atoms with Crippen molar-refractivity contribution in [3.05, 3.63) is 94.4 Å². The minimum absolute atomic E-state index is 0.0554. The van der Waals surface area contributed by atoms with Gasteiger partial charge in [0, 0.05) is 48.5 Å². The molecular weight excluding hydrogens is 458 g/mol. The number of rotatable bonds is 13. The number of oxime groups is 1. The summed E-state index contributed by atoms with van der Waals surface area (Å²) in [6.45, 7) is 7.31. The van der Waals surface area contributed by atoms with Crippen LogP contribution in [-0.4, -0.2) is 33.3 Å². The van der Waals surface area contributed by atoms with E-state index in [1.807, 2.05) is 31.2 Å². The molecule has 2 aromatic carbocycles. The number of nitro groups is 1. The molecular formula is C27H31N5O4. The van der Waals surface area contributed by atoms with Crippen LogP contribution in [0.3, 0.4) is 0 Å². The molecule has 1 heterocycles. The Kier molecular flexibility index (Phi) is 9.93. The summed E-state index contributed by atoms with van der Waals surface area (Å²) in [5.74, 6) is 1.00. The van der Waals surface area contributed by atoms with Crippen LogP contribution in [0.25, 0.3) is 11.3 Å². The van der Waals surface area contributed by atoms with Crippen LogP contribution in [0.4, 0.5) is 10.5 Å². The highest BCUT2D eigenvalue weighted by Gasteiger charge is 2.14. The number of aryl methyl sites for hydroxylation is 1. The van der Waals surface area contributed by atoms with Gasteiger partial charge in [-0.3, -0.25) is 15.0 Å². The normalized spacial score (nSPS) is 10.9. The van der Waals surface area contributed by atoms with Gasteiger partial charge in [0.1, 0.15) is 5.82 Å². The molecule has 0 spiro atoms. The summed E-state index contributed by atoms with van der Waals surface area (Å²) in [6.07, 6.45) is 7.09. The number of benzene rings is 2. The van der Waals surface area contributed by atoms with Gasteiger partial charge < -0.3 is 9.88 Å². The van der Waals surface area contributed by atoms with Crippen molar-refractivity contribution >= 4 is 18.0 Å². The highest BCUT2D eigenvalue weighted by atomic mass is 16.7. The smallest absolute Gasteiger partial charge is 0.331 e. The number of carbonyl (C=O) groups is 1. The van der Waals surface area contributed by atoms with E-state index < -0.39 is 11.0 Å². The fourth-order valence-electron chi connectivity index (χ4n) is 3.90. The lowest BCUT2D eigenvalue weighted by molar-refractivity contribution is -0.384. The third kappa shape index (κ3) is 7.63. The molecule has 0 bridgehead atoms. The molecule has 9 nitrogen and oxygen atoms in total. The van der Waals surface area contributed by atoms with Gasteiger partial charge in [-0.15, -0.1) is 6.58 Å². The predicted octanol–water partition coefficient (Wildman–Crippen LogP) is 5.82. The third-order valence-corrected chi connectivity index (χ3v) is 5.64. The Morgan fingerprint density at radius 2 is 1.94 bits per heavy atom. The van der Waals surface area contributed by atoms with E-state index in [-0.39, 0.29) is 5.69 Å². The van der Waals surface area contributed by atoms with Crippen molar-refractivity contribution in [3.63, 3.8) is 0 Å². The zero-order valence-corrected chi connectivity index (χ0v) is 20.4. The number of amides is 1. The Labute approximate surface area is 210 Å². The minimum atomic E-state index is -0.659. The Bertz CT molecular complexity index is 1200. The first kappa shape index (κ1) is 26.3. The van der Waals surface area contributed by atoms with Gasteiger partial charge in [-0.05, 0) is 19.8 Å². The van der Waals surface area contributed by atoms with E-state index in [9.17, 15) is 14.9 Å². The topological polar surface area (TPSA) is 112 Å². The molecule has 0 aliphatic heterocycles. The van der Waals surface area contributed by atoms with E-state index in [1.165, 1.54) is 30.1 Å². The molecule has 36 heavy (non-hydrogen) atoms. The van der Waals surface area contributed by atoms with Gasteiger partial charge in [0.05, 0.1) is 16.8 Å². The summed E-state index contributed by atoms with van der Waals surface area (Å²) < 4.78 is 2.28. The summed E-state index contributed by atoms with van der Waals surface area (Å²) >= 11 is 0. The molecule has 0 saturated heterocycles. The van der Waals surface area contributed by atoms with Gasteiger partial charge in [0.15, 0.2) is 0 Å². The molecule has 1 N–H and O–H groups in total. The molecule has 3 aromatic rings. The van der Waals surface area contributed by atoms with Crippen LogP contribution in [0.1, 0.15) is 42.8 Å². The monoisotopic (exact) mass is 489 g/mol. The molecule has 9 heteroatoms. The minimum Gasteiger partial charge on any atom is -0.331 e. The lowest BCUT2D eigenvalue weighted by atomic mass is 10.1. The van der Waals surface area contributed by atoms with Crippen LogP contribution in [0.2, 0.25) is 0 Å². The Balaban J connectivity index is 1.37. The Hall–Kier alpha value is -4.27. The van der Waals surface area contributed by atoms with E-state index in [2.05, 4.69) is 33.8 Å². The van der Waals surface area contributed by atoms with Crippen molar-refractivity contribution < 1.29 is 14.6 Å². The number of nitrogens with one attached hydrogen (secondary N) is 1. The van der Waals surface area contributed by atoms with Crippen LogP contribution in [0.15, 0.2) is 72.4 Å². The maximum Gasteiger partial charge on any atom is 0.433 e. The quantitative estimate of drug-likeness (QED) is 0.0812. The first-order valence-corrected chi connectivity index (χ1v) is 11.9. The second kappa shape index (κ2) is 13.6. The lowest BCUT2D eigenvalue weighted by Crippen LogP contribution is -2.23. The van der Waals surface area contributed by atoms with Crippen LogP contribution in [0.5, 0.6) is 0 Å². The number of non-ortho nitro benzene ring substituents is 1. The summed E-state index contributed by atoms with van der Waals surface area (Å²) in [5.41, 5.74) is 3.73. The summed E-state index contributed by atoms with van der Waals surface area (Å²) in [6, 6.07) is 16.1. The van der Waals surface area contributed by atoms with E-state index in [0.717, 1.165) is 55.7 Å². The van der Waals surface area contributed by atoms with Crippen molar-refractivity contribution in [2.75, 3.05) is 6.54 Å². The largest absolute Gasteiger partial charge is 0.433 e.